The quantitative estimate of drug-likeness (QED) is 0.747. The van der Waals surface area contributed by atoms with Crippen LogP contribution in [0.4, 0.5) is 0 Å². The van der Waals surface area contributed by atoms with E-state index in [0.29, 0.717) is 11.5 Å². The van der Waals surface area contributed by atoms with Gasteiger partial charge in [-0.3, -0.25) is 0 Å². The summed E-state index contributed by atoms with van der Waals surface area (Å²) in [5, 5.41) is 11.7. The van der Waals surface area contributed by atoms with Gasteiger partial charge in [0, 0.05) is 6.42 Å². The summed E-state index contributed by atoms with van der Waals surface area (Å²) in [4.78, 5) is 11.7. The van der Waals surface area contributed by atoms with Crippen LogP contribution in [0.3, 0.4) is 0 Å². The Morgan fingerprint density at radius 3 is 2.38 bits per heavy atom. The predicted molar refractivity (Wildman–Crippen MR) is 92.7 cm³/mol. The molecule has 0 aliphatic heterocycles. The van der Waals surface area contributed by atoms with Crippen molar-refractivity contribution in [3.05, 3.63) is 72.3 Å². The molecule has 4 nitrogen and oxygen atoms in total. The van der Waals surface area contributed by atoms with Crippen LogP contribution in [0.1, 0.15) is 5.56 Å². The fourth-order valence-corrected chi connectivity index (χ4v) is 2.72. The number of carboxylic acid groups (broad SMARTS) is 1. The van der Waals surface area contributed by atoms with E-state index in [1.54, 1.807) is 18.2 Å². The van der Waals surface area contributed by atoms with Gasteiger partial charge in [0.25, 0.3) is 0 Å². The molecule has 0 unspecified atom stereocenters. The number of carbonyl (C=O) groups is 1. The van der Waals surface area contributed by atoms with Crippen LogP contribution < -0.4 is 9.47 Å². The van der Waals surface area contributed by atoms with E-state index in [-0.39, 0.29) is 6.42 Å². The Morgan fingerprint density at radius 1 is 0.958 bits per heavy atom. The fourth-order valence-electron chi connectivity index (χ4n) is 2.72. The van der Waals surface area contributed by atoms with E-state index >= 15 is 0 Å². The van der Waals surface area contributed by atoms with Gasteiger partial charge in [-0.05, 0) is 28.5 Å². The van der Waals surface area contributed by atoms with Crippen LogP contribution in [-0.2, 0) is 11.2 Å². The van der Waals surface area contributed by atoms with Gasteiger partial charge in [-0.2, -0.15) is 0 Å². The fraction of sp³-hybridized carbons (Fsp3) is 0.150. The molecule has 0 heterocycles. The second-order valence-electron chi connectivity index (χ2n) is 5.44. The summed E-state index contributed by atoms with van der Waals surface area (Å²) in [6.07, 6.45) is -0.721. The number of hydrogen-bond donors (Lipinski definition) is 1. The predicted octanol–water partition coefficient (Wildman–Crippen LogP) is 3.92. The summed E-state index contributed by atoms with van der Waals surface area (Å²) in [6.45, 7) is 0. The third-order valence-corrected chi connectivity index (χ3v) is 3.90. The van der Waals surface area contributed by atoms with Crippen molar-refractivity contribution in [2.45, 2.75) is 12.5 Å². The van der Waals surface area contributed by atoms with Crippen molar-refractivity contribution in [1.29, 1.82) is 0 Å². The number of methoxy groups -OCH3 is 1. The molecule has 0 amide bonds. The van der Waals surface area contributed by atoms with Crippen molar-refractivity contribution in [2.24, 2.45) is 0 Å². The van der Waals surface area contributed by atoms with Gasteiger partial charge in [0.2, 0.25) is 0 Å². The van der Waals surface area contributed by atoms with Gasteiger partial charge in [-0.15, -0.1) is 0 Å². The molecule has 0 bridgehead atoms. The normalized spacial score (nSPS) is 11.9. The molecule has 0 saturated heterocycles. The number of fused-ring (bicyclic) bond motifs is 1. The third-order valence-electron chi connectivity index (χ3n) is 3.90. The van der Waals surface area contributed by atoms with Crippen molar-refractivity contribution in [3.8, 4) is 11.5 Å². The first kappa shape index (κ1) is 15.9. The van der Waals surface area contributed by atoms with E-state index in [9.17, 15) is 9.90 Å². The topological polar surface area (TPSA) is 55.8 Å². The lowest BCUT2D eigenvalue weighted by atomic mass is 10.00. The first-order valence-electron chi connectivity index (χ1n) is 7.68. The molecule has 1 N–H and O–H groups in total. The number of aliphatic carboxylic acids is 1. The van der Waals surface area contributed by atoms with Crippen LogP contribution >= 0.6 is 0 Å². The number of benzene rings is 3. The first-order valence-corrected chi connectivity index (χ1v) is 7.68. The second-order valence-corrected chi connectivity index (χ2v) is 5.44. The summed E-state index contributed by atoms with van der Waals surface area (Å²) in [5.74, 6) is -0.0665. The van der Waals surface area contributed by atoms with Crippen LogP contribution in [0.15, 0.2) is 66.7 Å². The highest BCUT2D eigenvalue weighted by Gasteiger charge is 2.22. The highest BCUT2D eigenvalue weighted by molar-refractivity contribution is 5.86. The molecule has 122 valence electrons. The zero-order valence-corrected chi connectivity index (χ0v) is 13.3. The van der Waals surface area contributed by atoms with Crippen molar-refractivity contribution in [1.82, 2.24) is 0 Å². The summed E-state index contributed by atoms with van der Waals surface area (Å²) in [6, 6.07) is 20.8. The molecule has 0 fully saturated rings. The monoisotopic (exact) mass is 322 g/mol. The molecular formula is C20H18O4. The van der Waals surface area contributed by atoms with Crippen molar-refractivity contribution < 1.29 is 19.4 Å². The Labute approximate surface area is 140 Å². The number of para-hydroxylation sites is 2. The molecule has 0 saturated carbocycles. The molecule has 3 rings (SSSR count). The van der Waals surface area contributed by atoms with Crippen molar-refractivity contribution in [3.63, 3.8) is 0 Å². The maximum absolute atomic E-state index is 11.7. The van der Waals surface area contributed by atoms with Crippen LogP contribution in [0.5, 0.6) is 11.5 Å². The molecule has 0 radical (unpaired) electrons. The lowest BCUT2D eigenvalue weighted by Crippen LogP contribution is -2.29. The Hall–Kier alpha value is -3.01. The Kier molecular flexibility index (Phi) is 4.66. The van der Waals surface area contributed by atoms with Gasteiger partial charge in [-0.1, -0.05) is 54.6 Å². The van der Waals surface area contributed by atoms with Gasteiger partial charge in [0.15, 0.2) is 17.6 Å². The number of hydrogen-bond acceptors (Lipinski definition) is 3. The van der Waals surface area contributed by atoms with Crippen LogP contribution in [0.2, 0.25) is 0 Å². The van der Waals surface area contributed by atoms with Crippen LogP contribution in [0, 0.1) is 0 Å². The average Bonchev–Trinajstić information content (AvgIpc) is 2.61. The summed E-state index contributed by atoms with van der Waals surface area (Å²) < 4.78 is 11.0. The molecule has 0 spiro atoms. The smallest absolute Gasteiger partial charge is 0.345 e. The average molecular weight is 322 g/mol. The van der Waals surface area contributed by atoms with Crippen molar-refractivity contribution in [2.75, 3.05) is 7.11 Å². The third kappa shape index (κ3) is 3.33. The van der Waals surface area contributed by atoms with E-state index in [1.165, 1.54) is 7.11 Å². The molecular weight excluding hydrogens is 304 g/mol. The minimum atomic E-state index is -1.01. The highest BCUT2D eigenvalue weighted by atomic mass is 16.5. The first-order chi connectivity index (χ1) is 11.7. The lowest BCUT2D eigenvalue weighted by Gasteiger charge is -2.18. The van der Waals surface area contributed by atoms with Crippen LogP contribution in [-0.4, -0.2) is 24.3 Å². The molecule has 0 aliphatic rings. The van der Waals surface area contributed by atoms with E-state index < -0.39 is 12.1 Å². The SMILES string of the molecule is COc1ccccc1O[C@H](Cc1cccc2ccccc12)C(=O)O. The number of ether oxygens (including phenoxy) is 2. The van der Waals surface area contributed by atoms with E-state index in [2.05, 4.69) is 0 Å². The lowest BCUT2D eigenvalue weighted by molar-refractivity contribution is -0.145. The minimum absolute atomic E-state index is 0.273. The zero-order chi connectivity index (χ0) is 16.9. The van der Waals surface area contributed by atoms with Crippen molar-refractivity contribution >= 4 is 16.7 Å². The summed E-state index contributed by atoms with van der Waals surface area (Å²) in [7, 11) is 1.53. The summed E-state index contributed by atoms with van der Waals surface area (Å²) in [5.41, 5.74) is 0.940. The number of rotatable bonds is 6. The van der Waals surface area contributed by atoms with Gasteiger partial charge in [0.1, 0.15) is 0 Å². The Bertz CT molecular complexity index is 852. The molecule has 24 heavy (non-hydrogen) atoms. The molecule has 4 heteroatoms. The minimum Gasteiger partial charge on any atom is -0.493 e. The summed E-state index contributed by atoms with van der Waals surface area (Å²) >= 11 is 0. The van der Waals surface area contributed by atoms with E-state index in [0.717, 1.165) is 16.3 Å². The van der Waals surface area contributed by atoms with Crippen LogP contribution in [0.25, 0.3) is 10.8 Å². The maximum Gasteiger partial charge on any atom is 0.345 e. The molecule has 3 aromatic rings. The van der Waals surface area contributed by atoms with E-state index in [4.69, 9.17) is 9.47 Å². The Balaban J connectivity index is 1.90. The Morgan fingerprint density at radius 2 is 1.62 bits per heavy atom. The maximum atomic E-state index is 11.7. The van der Waals surface area contributed by atoms with Gasteiger partial charge < -0.3 is 14.6 Å². The second kappa shape index (κ2) is 7.04. The standard InChI is InChI=1S/C20H18O4/c1-23-17-11-4-5-12-18(17)24-19(20(21)22)13-15-9-6-8-14-7-2-3-10-16(14)15/h2-12,19H,13H2,1H3,(H,21,22)/t19-/m1/s1. The van der Waals surface area contributed by atoms with Gasteiger partial charge in [-0.25, -0.2) is 4.79 Å². The van der Waals surface area contributed by atoms with E-state index in [1.807, 2.05) is 48.5 Å². The van der Waals surface area contributed by atoms with Gasteiger partial charge >= 0.3 is 5.97 Å². The zero-order valence-electron chi connectivity index (χ0n) is 13.3. The molecule has 3 aromatic carbocycles. The molecule has 0 aliphatic carbocycles. The largest absolute Gasteiger partial charge is 0.493 e. The van der Waals surface area contributed by atoms with Gasteiger partial charge in [0.05, 0.1) is 7.11 Å². The number of carboxylic acids is 1. The molecule has 0 aromatic heterocycles. The highest BCUT2D eigenvalue weighted by Crippen LogP contribution is 2.28. The molecule has 1 atom stereocenters.